The molecule has 3 N–H and O–H groups in total. The van der Waals surface area contributed by atoms with E-state index >= 15 is 0 Å². The summed E-state index contributed by atoms with van der Waals surface area (Å²) in [5.41, 5.74) is 1.41. The third-order valence-electron chi connectivity index (χ3n) is 3.70. The summed E-state index contributed by atoms with van der Waals surface area (Å²) in [4.78, 5) is 23.4. The zero-order valence-corrected chi connectivity index (χ0v) is 13.6. The largest absolute Gasteiger partial charge is 0.376 e. The Morgan fingerprint density at radius 3 is 2.48 bits per heavy atom. The molecule has 0 spiro atoms. The molecule has 1 heterocycles. The molecule has 0 radical (unpaired) electrons. The van der Waals surface area contributed by atoms with Crippen LogP contribution in [0, 0.1) is 0 Å². The first-order chi connectivity index (χ1) is 11.2. The SMILES string of the molecule is CCCCC(=O)Nc1ccc(NC(=O)NCC2CCCO2)cc1. The van der Waals surface area contributed by atoms with Gasteiger partial charge in [-0.15, -0.1) is 0 Å². The van der Waals surface area contributed by atoms with Gasteiger partial charge in [0, 0.05) is 30.9 Å². The van der Waals surface area contributed by atoms with E-state index in [1.165, 1.54) is 0 Å². The molecule has 1 saturated heterocycles. The van der Waals surface area contributed by atoms with Crippen LogP contribution >= 0.6 is 0 Å². The molecule has 1 aliphatic rings. The van der Waals surface area contributed by atoms with Gasteiger partial charge in [0.15, 0.2) is 0 Å². The molecule has 3 amide bonds. The summed E-state index contributed by atoms with van der Waals surface area (Å²) < 4.78 is 5.45. The molecule has 0 saturated carbocycles. The fourth-order valence-electron chi connectivity index (χ4n) is 2.38. The van der Waals surface area contributed by atoms with Crippen molar-refractivity contribution in [3.63, 3.8) is 0 Å². The second kappa shape index (κ2) is 9.15. The van der Waals surface area contributed by atoms with E-state index in [1.807, 2.05) is 0 Å². The molecule has 1 unspecified atom stereocenters. The van der Waals surface area contributed by atoms with Crippen molar-refractivity contribution in [3.05, 3.63) is 24.3 Å². The number of rotatable bonds is 7. The van der Waals surface area contributed by atoms with Crippen LogP contribution in [0.5, 0.6) is 0 Å². The van der Waals surface area contributed by atoms with E-state index in [0.717, 1.165) is 38.0 Å². The predicted molar refractivity (Wildman–Crippen MR) is 90.6 cm³/mol. The number of carbonyl (C=O) groups excluding carboxylic acids is 2. The van der Waals surface area contributed by atoms with Gasteiger partial charge < -0.3 is 20.7 Å². The van der Waals surface area contributed by atoms with Gasteiger partial charge in [0.05, 0.1) is 6.10 Å². The number of benzene rings is 1. The zero-order chi connectivity index (χ0) is 16.5. The smallest absolute Gasteiger partial charge is 0.319 e. The van der Waals surface area contributed by atoms with E-state index in [4.69, 9.17) is 4.74 Å². The van der Waals surface area contributed by atoms with Crippen LogP contribution in [-0.2, 0) is 9.53 Å². The molecule has 1 aromatic rings. The standard InChI is InChI=1S/C17H25N3O3/c1-2-3-6-16(21)19-13-7-9-14(10-8-13)20-17(22)18-12-15-5-4-11-23-15/h7-10,15H,2-6,11-12H2,1H3,(H,19,21)(H2,18,20,22). The van der Waals surface area contributed by atoms with Crippen LogP contribution < -0.4 is 16.0 Å². The third kappa shape index (κ3) is 6.28. The maximum absolute atomic E-state index is 11.8. The first-order valence-corrected chi connectivity index (χ1v) is 8.23. The molecule has 6 nitrogen and oxygen atoms in total. The quantitative estimate of drug-likeness (QED) is 0.722. The molecule has 0 bridgehead atoms. The van der Waals surface area contributed by atoms with Crippen molar-refractivity contribution in [2.75, 3.05) is 23.8 Å². The van der Waals surface area contributed by atoms with Crippen molar-refractivity contribution in [3.8, 4) is 0 Å². The molecule has 23 heavy (non-hydrogen) atoms. The van der Waals surface area contributed by atoms with E-state index in [2.05, 4.69) is 22.9 Å². The highest BCUT2D eigenvalue weighted by Crippen LogP contribution is 2.14. The maximum atomic E-state index is 11.8. The van der Waals surface area contributed by atoms with E-state index in [-0.39, 0.29) is 18.0 Å². The van der Waals surface area contributed by atoms with E-state index in [9.17, 15) is 9.59 Å². The highest BCUT2D eigenvalue weighted by Gasteiger charge is 2.16. The van der Waals surface area contributed by atoms with Crippen molar-refractivity contribution >= 4 is 23.3 Å². The first-order valence-electron chi connectivity index (χ1n) is 8.23. The van der Waals surface area contributed by atoms with Gasteiger partial charge in [0.25, 0.3) is 0 Å². The third-order valence-corrected chi connectivity index (χ3v) is 3.70. The summed E-state index contributed by atoms with van der Waals surface area (Å²) in [6.45, 7) is 3.36. The molecule has 2 rings (SSSR count). The summed E-state index contributed by atoms with van der Waals surface area (Å²) in [5, 5.41) is 8.40. The highest BCUT2D eigenvalue weighted by molar-refractivity contribution is 5.92. The number of hydrogen-bond donors (Lipinski definition) is 3. The Balaban J connectivity index is 1.73. The molecule has 126 valence electrons. The lowest BCUT2D eigenvalue weighted by Gasteiger charge is -2.12. The minimum Gasteiger partial charge on any atom is -0.376 e. The second-order valence-corrected chi connectivity index (χ2v) is 5.70. The Labute approximate surface area is 137 Å². The molecule has 0 aliphatic carbocycles. The normalized spacial score (nSPS) is 16.8. The van der Waals surface area contributed by atoms with Crippen molar-refractivity contribution in [2.45, 2.75) is 45.1 Å². The molecule has 1 fully saturated rings. The average molecular weight is 319 g/mol. The number of amides is 3. The maximum Gasteiger partial charge on any atom is 0.319 e. The van der Waals surface area contributed by atoms with Crippen molar-refractivity contribution in [1.29, 1.82) is 0 Å². The number of anilines is 2. The molecule has 1 aromatic carbocycles. The Kier molecular flexibility index (Phi) is 6.87. The molecular formula is C17H25N3O3. The Morgan fingerprint density at radius 2 is 1.87 bits per heavy atom. The first kappa shape index (κ1) is 17.3. The summed E-state index contributed by atoms with van der Waals surface area (Å²) in [6, 6.07) is 6.83. The number of ether oxygens (including phenoxy) is 1. The van der Waals surface area contributed by atoms with Gasteiger partial charge >= 0.3 is 6.03 Å². The summed E-state index contributed by atoms with van der Waals surface area (Å²) in [6.07, 6.45) is 4.59. The van der Waals surface area contributed by atoms with Crippen LogP contribution in [0.4, 0.5) is 16.2 Å². The zero-order valence-electron chi connectivity index (χ0n) is 13.6. The van der Waals surface area contributed by atoms with Crippen molar-refractivity contribution in [1.82, 2.24) is 5.32 Å². The average Bonchev–Trinajstić information content (AvgIpc) is 3.06. The van der Waals surface area contributed by atoms with Gasteiger partial charge in [0.1, 0.15) is 0 Å². The topological polar surface area (TPSA) is 79.5 Å². The van der Waals surface area contributed by atoms with Crippen LogP contribution in [0.3, 0.4) is 0 Å². The lowest BCUT2D eigenvalue weighted by Crippen LogP contribution is -2.35. The number of unbranched alkanes of at least 4 members (excludes halogenated alkanes) is 1. The fourth-order valence-corrected chi connectivity index (χ4v) is 2.38. The Morgan fingerprint density at radius 1 is 1.17 bits per heavy atom. The lowest BCUT2D eigenvalue weighted by atomic mass is 10.2. The van der Waals surface area contributed by atoms with Crippen molar-refractivity contribution < 1.29 is 14.3 Å². The van der Waals surface area contributed by atoms with Crippen LogP contribution in [0.25, 0.3) is 0 Å². The molecular weight excluding hydrogens is 294 g/mol. The molecule has 1 aliphatic heterocycles. The molecule has 6 heteroatoms. The molecule has 1 atom stereocenters. The van der Waals surface area contributed by atoms with Crippen molar-refractivity contribution in [2.24, 2.45) is 0 Å². The lowest BCUT2D eigenvalue weighted by molar-refractivity contribution is -0.116. The van der Waals surface area contributed by atoms with Gasteiger partial charge in [-0.05, 0) is 43.5 Å². The number of carbonyl (C=O) groups is 2. The minimum absolute atomic E-state index is 0.0156. The number of hydrogen-bond acceptors (Lipinski definition) is 3. The number of urea groups is 1. The van der Waals surface area contributed by atoms with Gasteiger partial charge in [-0.25, -0.2) is 4.79 Å². The second-order valence-electron chi connectivity index (χ2n) is 5.70. The van der Waals surface area contributed by atoms with Gasteiger partial charge in [-0.1, -0.05) is 13.3 Å². The van der Waals surface area contributed by atoms with E-state index in [0.29, 0.717) is 18.7 Å². The monoisotopic (exact) mass is 319 g/mol. The van der Waals surface area contributed by atoms with Gasteiger partial charge in [0.2, 0.25) is 5.91 Å². The van der Waals surface area contributed by atoms with Crippen LogP contribution in [0.1, 0.15) is 39.0 Å². The Hall–Kier alpha value is -2.08. The highest BCUT2D eigenvalue weighted by atomic mass is 16.5. The summed E-state index contributed by atoms with van der Waals surface area (Å²) in [5.74, 6) is 0.0156. The van der Waals surface area contributed by atoms with E-state index < -0.39 is 0 Å². The fraction of sp³-hybridized carbons (Fsp3) is 0.529. The summed E-state index contributed by atoms with van der Waals surface area (Å²) >= 11 is 0. The van der Waals surface area contributed by atoms with E-state index in [1.54, 1.807) is 24.3 Å². The van der Waals surface area contributed by atoms with Crippen LogP contribution in [-0.4, -0.2) is 31.2 Å². The van der Waals surface area contributed by atoms with Gasteiger partial charge in [-0.3, -0.25) is 4.79 Å². The molecule has 0 aromatic heterocycles. The minimum atomic E-state index is -0.250. The van der Waals surface area contributed by atoms with Crippen LogP contribution in [0.15, 0.2) is 24.3 Å². The summed E-state index contributed by atoms with van der Waals surface area (Å²) in [7, 11) is 0. The van der Waals surface area contributed by atoms with Gasteiger partial charge in [-0.2, -0.15) is 0 Å². The predicted octanol–water partition coefficient (Wildman–Crippen LogP) is 3.12. The number of nitrogens with one attached hydrogen (secondary N) is 3. The van der Waals surface area contributed by atoms with Crippen LogP contribution in [0.2, 0.25) is 0 Å². The Bertz CT molecular complexity index is 510.